The maximum atomic E-state index is 9.40. The molecule has 0 fully saturated rings. The third-order valence-electron chi connectivity index (χ3n) is 16.3. The van der Waals surface area contributed by atoms with Crippen LogP contribution in [0.5, 0.6) is 0 Å². The van der Waals surface area contributed by atoms with Crippen molar-refractivity contribution in [3.63, 3.8) is 0 Å². The molecule has 0 unspecified atom stereocenters. The van der Waals surface area contributed by atoms with E-state index in [1.807, 2.05) is 6.07 Å². The average molecular weight is 966 g/mol. The number of hydrogen-bond donors (Lipinski definition) is 0. The second kappa shape index (κ2) is 14.8. The average Bonchev–Trinajstić information content (AvgIpc) is 1.28. The molecular weight excluding hydrogens is 894 g/mol. The van der Waals surface area contributed by atoms with E-state index in [0.717, 1.165) is 105 Å². The van der Waals surface area contributed by atoms with Gasteiger partial charge in [0.2, 0.25) is 0 Å². The van der Waals surface area contributed by atoms with Gasteiger partial charge in [-0.2, -0.15) is 0 Å². The van der Waals surface area contributed by atoms with Gasteiger partial charge in [0.15, 0.2) is 0 Å². The molecule has 0 amide bonds. The zero-order valence-electron chi connectivity index (χ0n) is 55.9. The lowest BCUT2D eigenvalue weighted by Gasteiger charge is -2.41. The molecule has 0 saturated heterocycles. The highest BCUT2D eigenvalue weighted by Crippen LogP contribution is 2.51. The predicted molar refractivity (Wildman–Crippen MR) is 318 cm³/mol. The first-order valence-electron chi connectivity index (χ1n) is 32.5. The van der Waals surface area contributed by atoms with Gasteiger partial charge in [-0.1, -0.05) is 189 Å². The van der Waals surface area contributed by atoms with Crippen LogP contribution in [0.4, 0.5) is 17.1 Å². The van der Waals surface area contributed by atoms with Gasteiger partial charge in [0, 0.05) is 62.1 Å². The Bertz CT molecular complexity index is 5030. The molecular formula is C70H58BN3. The van der Waals surface area contributed by atoms with Gasteiger partial charge >= 0.3 is 0 Å². The molecule has 1 aliphatic carbocycles. The van der Waals surface area contributed by atoms with Crippen molar-refractivity contribution < 1.29 is 19.2 Å². The third kappa shape index (κ3) is 5.97. The summed E-state index contributed by atoms with van der Waals surface area (Å²) in [5.74, 6) is 0. The van der Waals surface area contributed by atoms with Gasteiger partial charge in [-0.25, -0.2) is 0 Å². The Morgan fingerprint density at radius 1 is 0.432 bits per heavy atom. The molecule has 4 heterocycles. The van der Waals surface area contributed by atoms with Crippen LogP contribution in [-0.2, 0) is 16.2 Å². The molecule has 3 nitrogen and oxygen atoms in total. The number of benzene rings is 10. The van der Waals surface area contributed by atoms with Crippen molar-refractivity contribution in [2.24, 2.45) is 0 Å². The van der Waals surface area contributed by atoms with Crippen LogP contribution in [0, 0.1) is 0 Å². The van der Waals surface area contributed by atoms with E-state index in [-0.39, 0.29) is 22.0 Å². The highest BCUT2D eigenvalue weighted by molar-refractivity contribution is 7.00. The van der Waals surface area contributed by atoms with Crippen LogP contribution in [0.3, 0.4) is 0 Å². The predicted octanol–water partition coefficient (Wildman–Crippen LogP) is 16.9. The Kier molecular flexibility index (Phi) is 6.30. The zero-order chi connectivity index (χ0) is 62.2. The molecule has 0 atom stereocenters. The van der Waals surface area contributed by atoms with E-state index in [1.54, 1.807) is 12.1 Å². The van der Waals surface area contributed by atoms with Crippen LogP contribution in [-0.4, -0.2) is 15.8 Å². The van der Waals surface area contributed by atoms with Crippen molar-refractivity contribution >= 4 is 94.5 Å². The Balaban J connectivity index is 1.15. The number of anilines is 3. The van der Waals surface area contributed by atoms with Crippen molar-refractivity contribution in [1.82, 2.24) is 9.13 Å². The molecule has 10 aromatic carbocycles. The molecule has 2 aliphatic heterocycles. The van der Waals surface area contributed by atoms with Crippen molar-refractivity contribution in [3.05, 3.63) is 205 Å². The lowest BCUT2D eigenvalue weighted by atomic mass is 9.33. The molecule has 3 aliphatic rings. The lowest BCUT2D eigenvalue weighted by molar-refractivity contribution is 0.590. The largest absolute Gasteiger partial charge is 0.311 e. The monoisotopic (exact) mass is 966 g/mol. The van der Waals surface area contributed by atoms with Gasteiger partial charge < -0.3 is 14.0 Å². The number of aromatic nitrogens is 2. The Morgan fingerprint density at radius 3 is 1.82 bits per heavy atom. The van der Waals surface area contributed by atoms with Gasteiger partial charge in [-0.15, -0.1) is 0 Å². The fourth-order valence-electron chi connectivity index (χ4n) is 12.9. The second-order valence-corrected chi connectivity index (χ2v) is 22.7. The second-order valence-electron chi connectivity index (χ2n) is 22.7. The minimum atomic E-state index is -3.58. The molecule has 15 rings (SSSR count). The number of nitrogens with zero attached hydrogens (tertiary/aromatic N) is 3. The molecule has 0 spiro atoms. The highest BCUT2D eigenvalue weighted by atomic mass is 15.2. The van der Waals surface area contributed by atoms with Crippen LogP contribution in [0.25, 0.3) is 99.1 Å². The molecule has 74 heavy (non-hydrogen) atoms. The third-order valence-corrected chi connectivity index (χ3v) is 16.3. The fourth-order valence-corrected chi connectivity index (χ4v) is 12.9. The van der Waals surface area contributed by atoms with E-state index >= 15 is 0 Å². The molecule has 0 radical (unpaired) electrons. The Morgan fingerprint density at radius 2 is 1.08 bits per heavy atom. The van der Waals surface area contributed by atoms with E-state index in [0.29, 0.717) is 27.3 Å². The maximum absolute atomic E-state index is 9.40. The number of rotatable bonds is 3. The first-order valence-corrected chi connectivity index (χ1v) is 25.5. The Labute approximate surface area is 454 Å². The molecule has 0 bridgehead atoms. The minimum Gasteiger partial charge on any atom is -0.311 e. The van der Waals surface area contributed by atoms with Gasteiger partial charge in [-0.05, 0) is 154 Å². The minimum absolute atomic E-state index is 0.0679. The first kappa shape index (κ1) is 31.5. The fraction of sp³-hybridized carbons (Fsp3) is 0.171. The summed E-state index contributed by atoms with van der Waals surface area (Å²) in [5, 5.41) is 5.20. The standard InChI is InChI=1S/C70H58BN3/c1-68(2,3)44-26-30-47(31-27-44)72-58-34-29-46(70(7,8)9)38-55(58)71-56-36-43(41-17-11-10-12-18-41)35-54-53-37-45(69(4,5)6)28-33-57(53)74(67(54)56)62-40-48(39-61(72)66(62)71)73-59-24-16-23-52-50-21-14-13-20-49(50)51-22-15-19-42-25-32-60(73)65(63(42)51)64(52)59/h10-40H,1-9H3/i4D3,5D3,6D3,10D,11D,12D,17D,18D. The SMILES string of the molecule is [2H]c1c([2H])c([2H])c(-c2cc3c4c(c2)c2cc(C(C([2H])([2H])[2H])(C([2H])([2H])[2H])C([2H])([2H])[2H])ccc2n4-c2cc(-n4c5cccc6c5c5c7c(cccc7ccc54)-c4ccccc4-6)cc4c2B3c2cc(C(C)(C)C)ccc2N4c2ccc(C(C)(C)C)cc2)c([2H])c1[2H]. The molecule has 4 heteroatoms. The summed E-state index contributed by atoms with van der Waals surface area (Å²) < 4.78 is 129. The quantitative estimate of drug-likeness (QED) is 0.161. The van der Waals surface area contributed by atoms with Crippen molar-refractivity contribution in [3.8, 4) is 44.8 Å². The van der Waals surface area contributed by atoms with E-state index in [2.05, 4.69) is 183 Å². The van der Waals surface area contributed by atoms with Crippen LogP contribution in [0.2, 0.25) is 0 Å². The van der Waals surface area contributed by atoms with Crippen LogP contribution >= 0.6 is 0 Å². The normalized spacial score (nSPS) is 16.9. The number of hydrogen-bond acceptors (Lipinski definition) is 1. The summed E-state index contributed by atoms with van der Waals surface area (Å²) in [6, 6.07) is 51.2. The van der Waals surface area contributed by atoms with E-state index in [9.17, 15) is 2.74 Å². The topological polar surface area (TPSA) is 13.1 Å². The summed E-state index contributed by atoms with van der Waals surface area (Å²) in [6.45, 7) is 1.72. The summed E-state index contributed by atoms with van der Waals surface area (Å²) >= 11 is 0. The first-order chi connectivity index (χ1) is 41.4. The molecule has 0 saturated carbocycles. The molecule has 2 aromatic heterocycles. The van der Waals surface area contributed by atoms with Gasteiger partial charge in [0.25, 0.3) is 6.71 Å². The van der Waals surface area contributed by atoms with Crippen molar-refractivity contribution in [2.45, 2.75) is 78.3 Å². The summed E-state index contributed by atoms with van der Waals surface area (Å²) in [7, 11) is 0. The van der Waals surface area contributed by atoms with Crippen molar-refractivity contribution in [2.75, 3.05) is 4.90 Å². The van der Waals surface area contributed by atoms with E-state index < -0.39 is 68.5 Å². The van der Waals surface area contributed by atoms with Gasteiger partial charge in [0.1, 0.15) is 0 Å². The summed E-state index contributed by atoms with van der Waals surface area (Å²) in [5.41, 5.74) is 12.4. The van der Waals surface area contributed by atoms with Gasteiger partial charge in [0.05, 0.1) is 29.1 Å². The zero-order valence-corrected chi connectivity index (χ0v) is 41.9. The van der Waals surface area contributed by atoms with Crippen molar-refractivity contribution in [1.29, 1.82) is 0 Å². The molecule has 356 valence electrons. The lowest BCUT2D eigenvalue weighted by Crippen LogP contribution is -2.60. The summed E-state index contributed by atoms with van der Waals surface area (Å²) in [4.78, 5) is 2.32. The smallest absolute Gasteiger partial charge is 0.252 e. The molecule has 12 aromatic rings. The Hall–Kier alpha value is -8.08. The highest BCUT2D eigenvalue weighted by Gasteiger charge is 2.44. The molecule has 0 N–H and O–H groups in total. The number of fused-ring (bicyclic) bond motifs is 10. The van der Waals surface area contributed by atoms with Crippen LogP contribution in [0.1, 0.15) is 98.0 Å². The van der Waals surface area contributed by atoms with Crippen LogP contribution in [0.15, 0.2) is 188 Å². The van der Waals surface area contributed by atoms with E-state index in [4.69, 9.17) is 16.4 Å². The summed E-state index contributed by atoms with van der Waals surface area (Å²) in [6.07, 6.45) is 0. The maximum Gasteiger partial charge on any atom is 0.252 e. The van der Waals surface area contributed by atoms with Gasteiger partial charge in [-0.3, -0.25) is 0 Å². The van der Waals surface area contributed by atoms with Crippen LogP contribution < -0.4 is 21.3 Å². The van der Waals surface area contributed by atoms with E-state index in [1.165, 1.54) is 12.1 Å².